The first-order valence-electron chi connectivity index (χ1n) is 11.3. The number of H-pyrrole nitrogens is 1. The Bertz CT molecular complexity index is 1740. The number of nitrogens with one attached hydrogen (secondary N) is 3. The van der Waals surface area contributed by atoms with E-state index in [0.29, 0.717) is 30.6 Å². The minimum absolute atomic E-state index is 0.0505. The van der Waals surface area contributed by atoms with Gasteiger partial charge in [-0.2, -0.15) is 0 Å². The zero-order valence-corrected chi connectivity index (χ0v) is 18.1. The van der Waals surface area contributed by atoms with Crippen LogP contribution in [-0.4, -0.2) is 38.5 Å². The molecule has 4 N–H and O–H groups in total. The van der Waals surface area contributed by atoms with E-state index in [9.17, 15) is 19.5 Å². The van der Waals surface area contributed by atoms with E-state index in [1.165, 1.54) is 0 Å². The van der Waals surface area contributed by atoms with Crippen molar-refractivity contribution in [1.82, 2.24) is 20.2 Å². The van der Waals surface area contributed by atoms with Gasteiger partial charge >= 0.3 is 5.97 Å². The second kappa shape index (κ2) is 6.68. The first-order valence-corrected chi connectivity index (χ1v) is 11.3. The number of aromatic amines is 1. The van der Waals surface area contributed by atoms with Crippen LogP contribution in [0.25, 0.3) is 43.6 Å². The van der Waals surface area contributed by atoms with Crippen LogP contribution < -0.4 is 10.6 Å². The van der Waals surface area contributed by atoms with E-state index in [0.717, 1.165) is 49.2 Å². The van der Waals surface area contributed by atoms with E-state index < -0.39 is 5.97 Å². The number of carbonyl (C=O) groups excluding carboxylic acids is 2. The molecule has 0 saturated heterocycles. The van der Waals surface area contributed by atoms with E-state index in [2.05, 4.69) is 26.3 Å². The van der Waals surface area contributed by atoms with Crippen LogP contribution >= 0.6 is 0 Å². The van der Waals surface area contributed by atoms with Gasteiger partial charge in [0.25, 0.3) is 11.8 Å². The molecule has 2 aliphatic rings. The fourth-order valence-corrected chi connectivity index (χ4v) is 5.87. The van der Waals surface area contributed by atoms with Crippen LogP contribution in [0.15, 0.2) is 42.5 Å². The van der Waals surface area contributed by atoms with Crippen molar-refractivity contribution in [2.75, 3.05) is 0 Å². The number of carboxylic acid groups (broad SMARTS) is 1. The van der Waals surface area contributed by atoms with E-state index in [-0.39, 0.29) is 24.3 Å². The minimum Gasteiger partial charge on any atom is -0.481 e. The number of hydrogen-bond donors (Lipinski definition) is 4. The second-order valence-corrected chi connectivity index (χ2v) is 9.11. The number of carboxylic acids is 1. The average molecular weight is 452 g/mol. The fraction of sp³-hybridized carbons (Fsp3) is 0.192. The molecule has 5 aromatic rings. The number of rotatable bonds is 3. The van der Waals surface area contributed by atoms with Crippen LogP contribution in [0.5, 0.6) is 0 Å². The van der Waals surface area contributed by atoms with E-state index in [1.54, 1.807) is 0 Å². The summed E-state index contributed by atoms with van der Waals surface area (Å²) in [4.78, 5) is 40.9. The van der Waals surface area contributed by atoms with Gasteiger partial charge in [-0.15, -0.1) is 0 Å². The smallest absolute Gasteiger partial charge is 0.303 e. The summed E-state index contributed by atoms with van der Waals surface area (Å²) in [6.07, 6.45) is 0.564. The van der Waals surface area contributed by atoms with E-state index in [1.807, 2.05) is 36.4 Å². The average Bonchev–Trinajstić information content (AvgIpc) is 3.40. The van der Waals surface area contributed by atoms with E-state index in [4.69, 9.17) is 0 Å². The molecule has 4 heterocycles. The predicted octanol–water partition coefficient (Wildman–Crippen LogP) is 3.65. The Balaban J connectivity index is 1.67. The standard InChI is InChI=1S/C26H20N4O4/c31-17(32)9-8-13-11-30-23-12(10-27-13)4-3-6-15(23)19-21-20(25(33)29-26(21)34)18-14-5-1-2-7-16(14)28-22(18)24(19)30/h1-7,13,27-28H,8-11H2,(H,31,32)(H,29,33,34)/t13-/m0/s1. The van der Waals surface area contributed by atoms with Crippen LogP contribution in [0.3, 0.4) is 0 Å². The predicted molar refractivity (Wildman–Crippen MR) is 128 cm³/mol. The molecule has 2 aromatic heterocycles. The molecular formula is C26H20N4O4. The molecule has 0 radical (unpaired) electrons. The molecule has 3 aromatic carbocycles. The van der Waals surface area contributed by atoms with Crippen molar-refractivity contribution >= 4 is 61.4 Å². The van der Waals surface area contributed by atoms with Crippen LogP contribution in [0.1, 0.15) is 39.1 Å². The van der Waals surface area contributed by atoms with Crippen molar-refractivity contribution in [3.05, 3.63) is 59.2 Å². The summed E-state index contributed by atoms with van der Waals surface area (Å²) in [5.41, 5.74) is 5.53. The van der Waals surface area contributed by atoms with Crippen molar-refractivity contribution in [3.8, 4) is 0 Å². The fourth-order valence-electron chi connectivity index (χ4n) is 5.87. The van der Waals surface area contributed by atoms with Crippen LogP contribution in [0.2, 0.25) is 0 Å². The lowest BCUT2D eigenvalue weighted by Crippen LogP contribution is -2.31. The summed E-state index contributed by atoms with van der Waals surface area (Å²) in [6, 6.07) is 13.8. The molecule has 7 rings (SSSR count). The molecule has 0 aliphatic carbocycles. The number of amides is 2. The molecule has 0 unspecified atom stereocenters. The molecule has 8 heteroatoms. The van der Waals surface area contributed by atoms with E-state index >= 15 is 0 Å². The summed E-state index contributed by atoms with van der Waals surface area (Å²) >= 11 is 0. The largest absolute Gasteiger partial charge is 0.481 e. The number of fused-ring (bicyclic) bond motifs is 10. The van der Waals surface area contributed by atoms with Gasteiger partial charge < -0.3 is 20.0 Å². The van der Waals surface area contributed by atoms with Crippen molar-refractivity contribution in [1.29, 1.82) is 0 Å². The molecule has 168 valence electrons. The lowest BCUT2D eigenvalue weighted by Gasteiger charge is -2.17. The highest BCUT2D eigenvalue weighted by atomic mass is 16.4. The number of para-hydroxylation sites is 2. The monoisotopic (exact) mass is 452 g/mol. The molecule has 1 atom stereocenters. The topological polar surface area (TPSA) is 116 Å². The van der Waals surface area contributed by atoms with Gasteiger partial charge in [-0.05, 0) is 18.1 Å². The number of nitrogens with zero attached hydrogens (tertiary/aromatic N) is 1. The third kappa shape index (κ3) is 2.43. The van der Waals surface area contributed by atoms with Crippen LogP contribution in [-0.2, 0) is 17.9 Å². The van der Waals surface area contributed by atoms with Gasteiger partial charge in [-0.25, -0.2) is 0 Å². The van der Waals surface area contributed by atoms with Crippen molar-refractivity contribution in [2.24, 2.45) is 0 Å². The molecule has 0 saturated carbocycles. The van der Waals surface area contributed by atoms with Gasteiger partial charge in [-0.1, -0.05) is 36.4 Å². The third-order valence-electron chi connectivity index (χ3n) is 7.23. The normalized spacial score (nSPS) is 17.6. The van der Waals surface area contributed by atoms with Crippen molar-refractivity contribution < 1.29 is 19.5 Å². The Hall–Kier alpha value is -4.17. The van der Waals surface area contributed by atoms with Gasteiger partial charge in [0.05, 0.1) is 27.7 Å². The SMILES string of the molecule is O=C(O)CC[C@H]1Cn2c3c(cccc3c3c4c(c5c6ccccc6[nH]c5c32)C(=O)NC4=O)CN1. The zero-order valence-electron chi connectivity index (χ0n) is 18.1. The van der Waals surface area contributed by atoms with Gasteiger partial charge in [0.15, 0.2) is 0 Å². The number of carbonyl (C=O) groups is 3. The highest BCUT2D eigenvalue weighted by Gasteiger charge is 2.36. The number of aromatic nitrogens is 2. The lowest BCUT2D eigenvalue weighted by atomic mass is 9.96. The molecule has 0 bridgehead atoms. The maximum absolute atomic E-state index is 13.1. The Kier molecular flexibility index (Phi) is 3.79. The van der Waals surface area contributed by atoms with Crippen LogP contribution in [0.4, 0.5) is 0 Å². The number of benzene rings is 3. The molecular weight excluding hydrogens is 432 g/mol. The second-order valence-electron chi connectivity index (χ2n) is 9.11. The lowest BCUT2D eigenvalue weighted by molar-refractivity contribution is -0.137. The molecule has 34 heavy (non-hydrogen) atoms. The Morgan fingerprint density at radius 2 is 1.74 bits per heavy atom. The highest BCUT2D eigenvalue weighted by molar-refractivity contribution is 6.39. The Labute approximate surface area is 192 Å². The first kappa shape index (κ1) is 19.3. The van der Waals surface area contributed by atoms with Crippen LogP contribution in [0, 0.1) is 0 Å². The van der Waals surface area contributed by atoms with Gasteiger partial charge in [0, 0.05) is 52.6 Å². The van der Waals surface area contributed by atoms with Gasteiger partial charge in [0.1, 0.15) is 0 Å². The first-order chi connectivity index (χ1) is 16.5. The number of imide groups is 1. The maximum Gasteiger partial charge on any atom is 0.303 e. The minimum atomic E-state index is -0.822. The highest BCUT2D eigenvalue weighted by Crippen LogP contribution is 2.44. The Morgan fingerprint density at radius 3 is 2.56 bits per heavy atom. The maximum atomic E-state index is 13.1. The summed E-state index contributed by atoms with van der Waals surface area (Å²) in [7, 11) is 0. The number of hydrogen-bond acceptors (Lipinski definition) is 4. The number of aliphatic carboxylic acids is 1. The molecule has 2 amide bonds. The summed E-state index contributed by atoms with van der Waals surface area (Å²) in [5.74, 6) is -1.57. The summed E-state index contributed by atoms with van der Waals surface area (Å²) in [6.45, 7) is 1.16. The summed E-state index contributed by atoms with van der Waals surface area (Å²) < 4.78 is 2.21. The molecule has 0 fully saturated rings. The van der Waals surface area contributed by atoms with Gasteiger partial charge in [-0.3, -0.25) is 19.7 Å². The molecule has 8 nitrogen and oxygen atoms in total. The molecule has 0 spiro atoms. The van der Waals surface area contributed by atoms with Gasteiger partial charge in [0.2, 0.25) is 0 Å². The molecule has 2 aliphatic heterocycles. The summed E-state index contributed by atoms with van der Waals surface area (Å²) in [5, 5.41) is 18.6. The van der Waals surface area contributed by atoms with Crippen molar-refractivity contribution in [2.45, 2.75) is 32.0 Å². The Morgan fingerprint density at radius 1 is 0.971 bits per heavy atom. The quantitative estimate of drug-likeness (QED) is 0.312. The zero-order chi connectivity index (χ0) is 23.1. The third-order valence-corrected chi connectivity index (χ3v) is 7.23. The van der Waals surface area contributed by atoms with Crippen molar-refractivity contribution in [3.63, 3.8) is 0 Å².